The van der Waals surface area contributed by atoms with Gasteiger partial charge >= 0.3 is 0 Å². The number of nitrogens with two attached hydrogens (primary N) is 1. The minimum absolute atomic E-state index is 0.00927. The molecule has 1 fully saturated rings. The monoisotopic (exact) mass is 336 g/mol. The molecule has 7 nitrogen and oxygen atoms in total. The highest BCUT2D eigenvalue weighted by atomic mass is 32.2. The van der Waals surface area contributed by atoms with Gasteiger partial charge in [0.15, 0.2) is 0 Å². The lowest BCUT2D eigenvalue weighted by molar-refractivity contribution is -0.132. The van der Waals surface area contributed by atoms with Crippen LogP contribution in [0.15, 0.2) is 24.3 Å². The first-order chi connectivity index (χ1) is 10.9. The van der Waals surface area contributed by atoms with Gasteiger partial charge in [0, 0.05) is 19.6 Å². The van der Waals surface area contributed by atoms with Gasteiger partial charge in [-0.1, -0.05) is 12.1 Å². The minimum atomic E-state index is -3.70. The molecular formula is C15H20N4O3S. The Bertz CT molecular complexity index is 694. The molecule has 0 spiro atoms. The molecule has 0 radical (unpaired) electrons. The van der Waals surface area contributed by atoms with Gasteiger partial charge in [0.2, 0.25) is 5.91 Å². The molecule has 1 saturated heterocycles. The molecule has 8 heteroatoms. The largest absolute Gasteiger partial charge is 0.342 e. The number of hydrogen-bond acceptors (Lipinski definition) is 4. The van der Waals surface area contributed by atoms with Crippen molar-refractivity contribution < 1.29 is 13.2 Å². The maximum absolute atomic E-state index is 12.4. The number of nitriles is 1. The predicted octanol–water partition coefficient (Wildman–Crippen LogP) is 0.132. The number of piperidine rings is 1. The van der Waals surface area contributed by atoms with Crippen LogP contribution in [-0.4, -0.2) is 38.9 Å². The second-order valence-corrected chi connectivity index (χ2v) is 7.11. The van der Waals surface area contributed by atoms with Gasteiger partial charge in [-0.2, -0.15) is 13.7 Å². The van der Waals surface area contributed by atoms with Crippen molar-refractivity contribution in [1.29, 1.82) is 5.26 Å². The zero-order valence-electron chi connectivity index (χ0n) is 12.7. The smallest absolute Gasteiger partial charge is 0.274 e. The van der Waals surface area contributed by atoms with Crippen LogP contribution in [0, 0.1) is 17.2 Å². The van der Waals surface area contributed by atoms with Gasteiger partial charge in [-0.05, 0) is 36.5 Å². The lowest BCUT2D eigenvalue weighted by atomic mass is 9.97. The Balaban J connectivity index is 1.89. The first-order valence-electron chi connectivity index (χ1n) is 7.41. The first-order valence-corrected chi connectivity index (χ1v) is 8.96. The average molecular weight is 336 g/mol. The summed E-state index contributed by atoms with van der Waals surface area (Å²) in [5, 5.41) is 13.7. The van der Waals surface area contributed by atoms with Crippen molar-refractivity contribution in [3.63, 3.8) is 0 Å². The molecule has 0 aliphatic carbocycles. The lowest BCUT2D eigenvalue weighted by Crippen LogP contribution is -2.45. The third kappa shape index (κ3) is 5.63. The summed E-state index contributed by atoms with van der Waals surface area (Å²) in [5.41, 5.74) is 1.42. The van der Waals surface area contributed by atoms with Crippen LogP contribution in [0.4, 0.5) is 0 Å². The van der Waals surface area contributed by atoms with Crippen LogP contribution in [0.2, 0.25) is 0 Å². The molecule has 124 valence electrons. The topological polar surface area (TPSA) is 116 Å². The van der Waals surface area contributed by atoms with Gasteiger partial charge in [-0.15, -0.1) is 0 Å². The zero-order valence-corrected chi connectivity index (χ0v) is 13.6. The maximum Gasteiger partial charge on any atom is 0.274 e. The molecule has 3 N–H and O–H groups in total. The van der Waals surface area contributed by atoms with Crippen LogP contribution in [0.5, 0.6) is 0 Å². The van der Waals surface area contributed by atoms with E-state index in [4.69, 9.17) is 10.4 Å². The van der Waals surface area contributed by atoms with E-state index in [-0.39, 0.29) is 24.8 Å². The molecule has 0 aromatic heterocycles. The van der Waals surface area contributed by atoms with E-state index in [1.165, 1.54) is 0 Å². The van der Waals surface area contributed by atoms with E-state index in [2.05, 4.69) is 4.72 Å². The fraction of sp³-hybridized carbons (Fsp3) is 0.467. The number of likely N-dealkylation sites (tertiary alicyclic amines) is 1. The summed E-state index contributed by atoms with van der Waals surface area (Å²) < 4.78 is 24.2. The summed E-state index contributed by atoms with van der Waals surface area (Å²) in [5.74, 6) is 0.0852. The molecule has 1 aromatic carbocycles. The summed E-state index contributed by atoms with van der Waals surface area (Å²) in [6.07, 6.45) is 1.99. The van der Waals surface area contributed by atoms with Gasteiger partial charge in [0.25, 0.3) is 10.2 Å². The number of rotatable bonds is 5. The summed E-state index contributed by atoms with van der Waals surface area (Å²) in [6.45, 7) is 1.46. The highest BCUT2D eigenvalue weighted by Crippen LogP contribution is 2.17. The van der Waals surface area contributed by atoms with Crippen LogP contribution in [-0.2, 0) is 21.4 Å². The van der Waals surface area contributed by atoms with E-state index in [0.29, 0.717) is 18.7 Å². The Hall–Kier alpha value is -1.95. The Kier molecular flexibility index (Phi) is 5.71. The number of amides is 1. The fourth-order valence-corrected chi connectivity index (χ4v) is 3.14. The zero-order chi connectivity index (χ0) is 16.9. The third-order valence-electron chi connectivity index (χ3n) is 3.88. The predicted molar refractivity (Wildman–Crippen MR) is 85.3 cm³/mol. The molecule has 1 aliphatic rings. The van der Waals surface area contributed by atoms with Crippen molar-refractivity contribution >= 4 is 16.1 Å². The summed E-state index contributed by atoms with van der Waals surface area (Å²) in [4.78, 5) is 14.1. The molecular weight excluding hydrogens is 316 g/mol. The van der Waals surface area contributed by atoms with E-state index in [1.807, 2.05) is 6.07 Å². The number of hydrogen-bond donors (Lipinski definition) is 2. The van der Waals surface area contributed by atoms with Crippen molar-refractivity contribution in [3.8, 4) is 6.07 Å². The van der Waals surface area contributed by atoms with Crippen LogP contribution >= 0.6 is 0 Å². The van der Waals surface area contributed by atoms with E-state index in [0.717, 1.165) is 18.4 Å². The second kappa shape index (κ2) is 7.55. The van der Waals surface area contributed by atoms with Crippen molar-refractivity contribution in [1.82, 2.24) is 9.62 Å². The van der Waals surface area contributed by atoms with Crippen molar-refractivity contribution in [2.75, 3.05) is 19.6 Å². The normalized spacial score (nSPS) is 18.4. The Morgan fingerprint density at radius 2 is 2.09 bits per heavy atom. The van der Waals surface area contributed by atoms with Gasteiger partial charge < -0.3 is 4.90 Å². The van der Waals surface area contributed by atoms with Gasteiger partial charge in [-0.3, -0.25) is 4.79 Å². The van der Waals surface area contributed by atoms with E-state index < -0.39 is 10.2 Å². The van der Waals surface area contributed by atoms with E-state index in [9.17, 15) is 13.2 Å². The summed E-state index contributed by atoms with van der Waals surface area (Å²) in [7, 11) is -3.70. The number of benzene rings is 1. The lowest BCUT2D eigenvalue weighted by Gasteiger charge is -2.32. The van der Waals surface area contributed by atoms with Crippen molar-refractivity contribution in [3.05, 3.63) is 35.4 Å². The fourth-order valence-electron chi connectivity index (χ4n) is 2.68. The van der Waals surface area contributed by atoms with Crippen LogP contribution in [0.1, 0.15) is 24.0 Å². The molecule has 1 amide bonds. The van der Waals surface area contributed by atoms with Gasteiger partial charge in [0.05, 0.1) is 18.1 Å². The standard InChI is InChI=1S/C15H20N4O3S/c16-9-13-5-3-12(4-6-13)8-15(20)19-7-1-2-14(11-19)10-18-23(17,21)22/h3-6,14,18H,1-2,7-8,10-11H2,(H2,17,21,22). The van der Waals surface area contributed by atoms with Crippen molar-refractivity contribution in [2.45, 2.75) is 19.3 Å². The summed E-state index contributed by atoms with van der Waals surface area (Å²) in [6, 6.07) is 8.98. The highest BCUT2D eigenvalue weighted by molar-refractivity contribution is 7.87. The molecule has 23 heavy (non-hydrogen) atoms. The number of nitrogens with zero attached hydrogens (tertiary/aromatic N) is 2. The number of carbonyl (C=O) groups excluding carboxylic acids is 1. The molecule has 0 saturated carbocycles. The van der Waals surface area contributed by atoms with Crippen molar-refractivity contribution in [2.24, 2.45) is 11.1 Å². The van der Waals surface area contributed by atoms with Crippen LogP contribution in [0.3, 0.4) is 0 Å². The maximum atomic E-state index is 12.4. The minimum Gasteiger partial charge on any atom is -0.342 e. The third-order valence-corrected chi connectivity index (χ3v) is 4.45. The number of nitrogens with one attached hydrogen (secondary N) is 1. The number of carbonyl (C=O) groups is 1. The average Bonchev–Trinajstić information content (AvgIpc) is 2.53. The molecule has 1 atom stereocenters. The first kappa shape index (κ1) is 17.4. The van der Waals surface area contributed by atoms with Gasteiger partial charge in [-0.25, -0.2) is 9.86 Å². The Morgan fingerprint density at radius 1 is 1.39 bits per heavy atom. The summed E-state index contributed by atoms with van der Waals surface area (Å²) >= 11 is 0. The van der Waals surface area contributed by atoms with Crippen LogP contribution in [0.25, 0.3) is 0 Å². The second-order valence-electron chi connectivity index (χ2n) is 5.73. The molecule has 1 aliphatic heterocycles. The van der Waals surface area contributed by atoms with Crippen LogP contribution < -0.4 is 9.86 Å². The van der Waals surface area contributed by atoms with E-state index in [1.54, 1.807) is 29.2 Å². The molecule has 1 unspecified atom stereocenters. The SMILES string of the molecule is N#Cc1ccc(CC(=O)N2CCCC(CNS(N)(=O)=O)C2)cc1. The molecule has 0 bridgehead atoms. The Labute approximate surface area is 136 Å². The molecule has 1 heterocycles. The van der Waals surface area contributed by atoms with Gasteiger partial charge in [0.1, 0.15) is 0 Å². The molecule has 2 rings (SSSR count). The Morgan fingerprint density at radius 3 is 2.70 bits per heavy atom. The highest BCUT2D eigenvalue weighted by Gasteiger charge is 2.24. The van der Waals surface area contributed by atoms with E-state index >= 15 is 0 Å². The quantitative estimate of drug-likeness (QED) is 0.795. The molecule has 1 aromatic rings.